The summed E-state index contributed by atoms with van der Waals surface area (Å²) in [5, 5.41) is 18.8. The minimum Gasteiger partial charge on any atom is -0.394 e. The molecule has 1 aliphatic rings. The van der Waals surface area contributed by atoms with Crippen LogP contribution in [0.15, 0.2) is 39.9 Å². The maximum atomic E-state index is 13.0. The Morgan fingerprint density at radius 1 is 1.19 bits per heavy atom. The Bertz CT molecular complexity index is 1100. The number of aliphatic hydroxyl groups is 2. The predicted molar refractivity (Wildman–Crippen MR) is 100 cm³/mol. The molecule has 9 heteroatoms. The molecule has 0 amide bonds. The van der Waals surface area contributed by atoms with Gasteiger partial charge in [0.05, 0.1) is 19.3 Å². The first-order valence-corrected chi connectivity index (χ1v) is 8.84. The number of fused-ring (bicyclic) bond motifs is 3. The third-order valence-electron chi connectivity index (χ3n) is 4.89. The number of rotatable bonds is 4. The molecule has 0 saturated carbocycles. The van der Waals surface area contributed by atoms with Gasteiger partial charge in [-0.1, -0.05) is 18.2 Å². The van der Waals surface area contributed by atoms with E-state index in [2.05, 4.69) is 4.98 Å². The average molecular weight is 371 g/mol. The third kappa shape index (κ3) is 2.75. The molecule has 0 radical (unpaired) electrons. The van der Waals surface area contributed by atoms with Gasteiger partial charge in [0.25, 0.3) is 5.56 Å². The highest BCUT2D eigenvalue weighted by atomic mass is 16.3. The Morgan fingerprint density at radius 2 is 1.93 bits per heavy atom. The van der Waals surface area contributed by atoms with Gasteiger partial charge in [-0.15, -0.1) is 0 Å². The molecule has 4 rings (SSSR count). The van der Waals surface area contributed by atoms with E-state index in [0.29, 0.717) is 23.7 Å². The van der Waals surface area contributed by atoms with Gasteiger partial charge in [0, 0.05) is 25.8 Å². The van der Waals surface area contributed by atoms with Gasteiger partial charge in [0.1, 0.15) is 0 Å². The molecule has 3 heterocycles. The van der Waals surface area contributed by atoms with Crippen LogP contribution in [-0.2, 0) is 20.1 Å². The van der Waals surface area contributed by atoms with E-state index >= 15 is 0 Å². The summed E-state index contributed by atoms with van der Waals surface area (Å²) >= 11 is 0. The summed E-state index contributed by atoms with van der Waals surface area (Å²) in [6.45, 7) is 0.588. The number of aliphatic hydroxyl groups excluding tert-OH is 2. The zero-order chi connectivity index (χ0) is 19.1. The smallest absolute Gasteiger partial charge is 0.332 e. The highest BCUT2D eigenvalue weighted by molar-refractivity contribution is 5.77. The van der Waals surface area contributed by atoms with E-state index in [-0.39, 0.29) is 6.54 Å². The first kappa shape index (κ1) is 17.5. The molecule has 0 bridgehead atoms. The summed E-state index contributed by atoms with van der Waals surface area (Å²) in [4.78, 5) is 32.2. The zero-order valence-corrected chi connectivity index (χ0v) is 14.9. The molecular weight excluding hydrogens is 350 g/mol. The molecule has 0 saturated heterocycles. The van der Waals surface area contributed by atoms with Crippen LogP contribution in [0.2, 0.25) is 0 Å². The second-order valence-corrected chi connectivity index (χ2v) is 6.67. The summed E-state index contributed by atoms with van der Waals surface area (Å²) in [7, 11) is 1.55. The number of para-hydroxylation sites is 1. The van der Waals surface area contributed by atoms with Crippen molar-refractivity contribution in [2.45, 2.75) is 25.6 Å². The average Bonchev–Trinajstić information content (AvgIpc) is 3.10. The summed E-state index contributed by atoms with van der Waals surface area (Å²) in [5.41, 5.74) is 0.543. The van der Waals surface area contributed by atoms with Crippen LogP contribution >= 0.6 is 0 Å². The van der Waals surface area contributed by atoms with Crippen LogP contribution in [0.25, 0.3) is 11.2 Å². The Labute approximate surface area is 154 Å². The first-order chi connectivity index (χ1) is 13.0. The predicted octanol–water partition coefficient (Wildman–Crippen LogP) is -0.208. The minimum atomic E-state index is -1.18. The lowest BCUT2D eigenvalue weighted by molar-refractivity contribution is 0.0791. The fourth-order valence-corrected chi connectivity index (χ4v) is 3.55. The van der Waals surface area contributed by atoms with Gasteiger partial charge in [-0.2, -0.15) is 4.98 Å². The molecule has 0 fully saturated rings. The van der Waals surface area contributed by atoms with Gasteiger partial charge in [-0.05, 0) is 18.6 Å². The molecule has 1 atom stereocenters. The maximum absolute atomic E-state index is 13.0. The Hall–Kier alpha value is -2.91. The van der Waals surface area contributed by atoms with Crippen LogP contribution in [0.5, 0.6) is 0 Å². The number of benzene rings is 1. The van der Waals surface area contributed by atoms with E-state index in [9.17, 15) is 14.7 Å². The Morgan fingerprint density at radius 3 is 2.63 bits per heavy atom. The molecule has 9 nitrogen and oxygen atoms in total. The fourth-order valence-electron chi connectivity index (χ4n) is 3.55. The molecule has 2 aromatic heterocycles. The van der Waals surface area contributed by atoms with Crippen LogP contribution in [-0.4, -0.2) is 48.2 Å². The van der Waals surface area contributed by atoms with Crippen LogP contribution in [0, 0.1) is 0 Å². The number of aryl methyl sites for hydroxylation is 2. The minimum absolute atomic E-state index is 0.263. The number of hydrogen-bond acceptors (Lipinski definition) is 6. The Kier molecular flexibility index (Phi) is 4.33. The van der Waals surface area contributed by atoms with E-state index in [1.165, 1.54) is 4.57 Å². The van der Waals surface area contributed by atoms with Gasteiger partial charge in [-0.25, -0.2) is 4.79 Å². The van der Waals surface area contributed by atoms with Crippen molar-refractivity contribution in [3.05, 3.63) is 51.2 Å². The number of imidazole rings is 1. The number of anilines is 2. The standard InChI is InChI=1S/C18H21N5O4/c1-20-15-14(16(26)23(18(20)27)10-13(25)11-24)22-9-5-8-21(17(22)19-15)12-6-3-2-4-7-12/h2-4,6-7,13,24-25H,5,8-11H2,1H3. The summed E-state index contributed by atoms with van der Waals surface area (Å²) in [6.07, 6.45) is -0.355. The van der Waals surface area contributed by atoms with Gasteiger partial charge in [0.2, 0.25) is 5.95 Å². The molecule has 0 aliphatic carbocycles. The van der Waals surface area contributed by atoms with Crippen molar-refractivity contribution >= 4 is 22.8 Å². The van der Waals surface area contributed by atoms with E-state index in [4.69, 9.17) is 5.11 Å². The van der Waals surface area contributed by atoms with Crippen LogP contribution in [0.3, 0.4) is 0 Å². The summed E-state index contributed by atoms with van der Waals surface area (Å²) in [6, 6.07) is 9.77. The van der Waals surface area contributed by atoms with E-state index in [1.807, 2.05) is 39.8 Å². The summed E-state index contributed by atoms with van der Waals surface area (Å²) in [5.74, 6) is 0.620. The molecule has 2 N–H and O–H groups in total. The summed E-state index contributed by atoms with van der Waals surface area (Å²) < 4.78 is 4.10. The molecule has 3 aromatic rings. The van der Waals surface area contributed by atoms with Crippen molar-refractivity contribution in [2.75, 3.05) is 18.1 Å². The van der Waals surface area contributed by atoms with Crippen LogP contribution in [0.1, 0.15) is 6.42 Å². The molecule has 1 aromatic carbocycles. The van der Waals surface area contributed by atoms with Crippen LogP contribution in [0.4, 0.5) is 11.6 Å². The highest BCUT2D eigenvalue weighted by Crippen LogP contribution is 2.30. The lowest BCUT2D eigenvalue weighted by Gasteiger charge is -2.29. The third-order valence-corrected chi connectivity index (χ3v) is 4.89. The molecular formula is C18H21N5O4. The van der Waals surface area contributed by atoms with Gasteiger partial charge < -0.3 is 19.7 Å². The highest BCUT2D eigenvalue weighted by Gasteiger charge is 2.27. The van der Waals surface area contributed by atoms with Crippen molar-refractivity contribution < 1.29 is 10.2 Å². The normalized spacial score (nSPS) is 15.1. The largest absolute Gasteiger partial charge is 0.394 e. The molecule has 1 unspecified atom stereocenters. The second-order valence-electron chi connectivity index (χ2n) is 6.67. The van der Waals surface area contributed by atoms with Crippen molar-refractivity contribution in [2.24, 2.45) is 7.05 Å². The van der Waals surface area contributed by atoms with E-state index in [0.717, 1.165) is 23.2 Å². The van der Waals surface area contributed by atoms with E-state index < -0.39 is 24.0 Å². The topological polar surface area (TPSA) is 106 Å². The molecule has 0 spiro atoms. The van der Waals surface area contributed by atoms with Crippen molar-refractivity contribution in [3.8, 4) is 0 Å². The lowest BCUT2D eigenvalue weighted by atomic mass is 10.2. The van der Waals surface area contributed by atoms with Crippen molar-refractivity contribution in [1.29, 1.82) is 0 Å². The van der Waals surface area contributed by atoms with E-state index in [1.54, 1.807) is 7.05 Å². The molecule has 142 valence electrons. The van der Waals surface area contributed by atoms with Gasteiger partial charge >= 0.3 is 5.69 Å². The van der Waals surface area contributed by atoms with Gasteiger partial charge in [-0.3, -0.25) is 13.9 Å². The monoisotopic (exact) mass is 371 g/mol. The number of aromatic nitrogens is 4. The van der Waals surface area contributed by atoms with Gasteiger partial charge in [0.15, 0.2) is 11.2 Å². The van der Waals surface area contributed by atoms with Crippen molar-refractivity contribution in [3.63, 3.8) is 0 Å². The first-order valence-electron chi connectivity index (χ1n) is 8.84. The zero-order valence-electron chi connectivity index (χ0n) is 14.9. The second kappa shape index (κ2) is 6.67. The number of nitrogens with zero attached hydrogens (tertiary/aromatic N) is 5. The SMILES string of the molecule is Cn1c(=O)n(CC(O)CO)c(=O)c2c1nc1n2CCCN1c1ccccc1. The molecule has 1 aliphatic heterocycles. The van der Waals surface area contributed by atoms with Crippen LogP contribution < -0.4 is 16.1 Å². The maximum Gasteiger partial charge on any atom is 0.332 e. The quantitative estimate of drug-likeness (QED) is 0.658. The lowest BCUT2D eigenvalue weighted by Crippen LogP contribution is -2.43. The Balaban J connectivity index is 1.96. The number of hydrogen-bond donors (Lipinski definition) is 2. The fraction of sp³-hybridized carbons (Fsp3) is 0.389. The van der Waals surface area contributed by atoms with Crippen molar-refractivity contribution in [1.82, 2.24) is 18.7 Å². The molecule has 27 heavy (non-hydrogen) atoms.